The number of rotatable bonds is 7. The van der Waals surface area contributed by atoms with E-state index in [-0.39, 0.29) is 11.2 Å². The Bertz CT molecular complexity index is 487. The number of benzene rings is 1. The minimum Gasteiger partial charge on any atom is -0.330 e. The Morgan fingerprint density at radius 1 is 1.26 bits per heavy atom. The molecule has 0 fully saturated rings. The van der Waals surface area contributed by atoms with Crippen LogP contribution in [0.2, 0.25) is 0 Å². The van der Waals surface area contributed by atoms with Crippen LogP contribution in [-0.2, 0) is 15.3 Å². The zero-order valence-corrected chi connectivity index (χ0v) is 12.8. The van der Waals surface area contributed by atoms with E-state index in [1.807, 2.05) is 30.1 Å². The summed E-state index contributed by atoms with van der Waals surface area (Å²) in [5.41, 5.74) is 6.95. The second-order valence-corrected chi connectivity index (χ2v) is 7.76. The Balaban J connectivity index is 2.71. The number of nitrogens with two attached hydrogens (primary N) is 1. The summed E-state index contributed by atoms with van der Waals surface area (Å²) in [6, 6.07) is 10.1. The van der Waals surface area contributed by atoms with Gasteiger partial charge in [-0.1, -0.05) is 37.3 Å². The minimum absolute atomic E-state index is 0.159. The molecule has 1 rings (SSSR count). The van der Waals surface area contributed by atoms with E-state index in [0.717, 1.165) is 6.54 Å². The molecule has 19 heavy (non-hydrogen) atoms. The molecule has 108 valence electrons. The predicted octanol–water partition coefficient (Wildman–Crippen LogP) is 0.879. The van der Waals surface area contributed by atoms with Crippen molar-refractivity contribution in [1.82, 2.24) is 4.90 Å². The van der Waals surface area contributed by atoms with Gasteiger partial charge in [0.2, 0.25) is 0 Å². The monoisotopic (exact) mass is 284 g/mol. The van der Waals surface area contributed by atoms with E-state index in [1.165, 1.54) is 11.8 Å². The summed E-state index contributed by atoms with van der Waals surface area (Å²) in [5, 5.41) is 0. The van der Waals surface area contributed by atoms with Gasteiger partial charge in [0.05, 0.1) is 5.75 Å². The maximum Gasteiger partial charge on any atom is 0.148 e. The molecule has 0 saturated carbocycles. The molecule has 5 heteroatoms. The van der Waals surface area contributed by atoms with Gasteiger partial charge in [-0.05, 0) is 12.6 Å². The van der Waals surface area contributed by atoms with Crippen LogP contribution in [0.5, 0.6) is 0 Å². The smallest absolute Gasteiger partial charge is 0.148 e. The maximum absolute atomic E-state index is 11.2. The summed E-state index contributed by atoms with van der Waals surface area (Å²) < 4.78 is 22.4. The average molecular weight is 284 g/mol. The first-order valence-corrected chi connectivity index (χ1v) is 8.45. The van der Waals surface area contributed by atoms with Crippen molar-refractivity contribution in [3.05, 3.63) is 35.9 Å². The highest BCUT2D eigenvalue weighted by atomic mass is 32.2. The Morgan fingerprint density at radius 2 is 1.84 bits per heavy atom. The van der Waals surface area contributed by atoms with E-state index in [9.17, 15) is 8.42 Å². The molecular formula is C14H24N2O2S. The molecule has 0 bridgehead atoms. The Kier molecular flexibility index (Phi) is 5.52. The van der Waals surface area contributed by atoms with E-state index in [2.05, 4.69) is 19.1 Å². The fourth-order valence-corrected chi connectivity index (χ4v) is 2.75. The number of likely N-dealkylation sites (N-methyl/N-ethyl adjacent to an activating group) is 1. The third kappa shape index (κ3) is 5.30. The molecule has 0 aliphatic rings. The van der Waals surface area contributed by atoms with Crippen LogP contribution in [-0.4, -0.2) is 52.0 Å². The fourth-order valence-electron chi connectivity index (χ4n) is 2.11. The van der Waals surface area contributed by atoms with Crippen molar-refractivity contribution in [3.63, 3.8) is 0 Å². The predicted molar refractivity (Wildman–Crippen MR) is 80.1 cm³/mol. The lowest BCUT2D eigenvalue weighted by atomic mass is 9.82. The number of hydrogen-bond acceptors (Lipinski definition) is 4. The lowest BCUT2D eigenvalue weighted by Crippen LogP contribution is -2.43. The molecule has 0 spiro atoms. The van der Waals surface area contributed by atoms with Crippen LogP contribution in [0.25, 0.3) is 0 Å². The summed E-state index contributed by atoms with van der Waals surface area (Å²) in [5.74, 6) is 0.180. The van der Waals surface area contributed by atoms with Gasteiger partial charge in [-0.25, -0.2) is 8.42 Å². The number of nitrogens with zero attached hydrogens (tertiary/aromatic N) is 1. The zero-order chi connectivity index (χ0) is 14.5. The SMILES string of the molecule is CN(CCS(C)(=O)=O)CC(C)(CN)c1ccccc1. The molecule has 1 aromatic carbocycles. The van der Waals surface area contributed by atoms with Crippen molar-refractivity contribution in [2.24, 2.45) is 5.73 Å². The van der Waals surface area contributed by atoms with Crippen LogP contribution in [0, 0.1) is 0 Å². The van der Waals surface area contributed by atoms with Gasteiger partial charge in [0.1, 0.15) is 9.84 Å². The van der Waals surface area contributed by atoms with E-state index < -0.39 is 9.84 Å². The second-order valence-electron chi connectivity index (χ2n) is 5.50. The Hall–Kier alpha value is -0.910. The van der Waals surface area contributed by atoms with Crippen LogP contribution in [0.1, 0.15) is 12.5 Å². The van der Waals surface area contributed by atoms with Gasteiger partial charge in [0, 0.05) is 31.3 Å². The molecule has 0 amide bonds. The first-order valence-electron chi connectivity index (χ1n) is 6.39. The van der Waals surface area contributed by atoms with E-state index in [0.29, 0.717) is 13.1 Å². The molecule has 0 radical (unpaired) electrons. The van der Waals surface area contributed by atoms with Gasteiger partial charge in [-0.2, -0.15) is 0 Å². The molecule has 0 aromatic heterocycles. The fraction of sp³-hybridized carbons (Fsp3) is 0.571. The zero-order valence-electron chi connectivity index (χ0n) is 12.0. The topological polar surface area (TPSA) is 63.4 Å². The van der Waals surface area contributed by atoms with Crippen molar-refractivity contribution >= 4 is 9.84 Å². The first kappa shape index (κ1) is 16.1. The largest absolute Gasteiger partial charge is 0.330 e. The van der Waals surface area contributed by atoms with E-state index in [4.69, 9.17) is 5.73 Å². The molecule has 4 nitrogen and oxygen atoms in total. The van der Waals surface area contributed by atoms with Crippen molar-refractivity contribution in [2.75, 3.05) is 38.7 Å². The highest BCUT2D eigenvalue weighted by Gasteiger charge is 2.26. The van der Waals surface area contributed by atoms with Gasteiger partial charge < -0.3 is 10.6 Å². The third-order valence-electron chi connectivity index (χ3n) is 3.38. The summed E-state index contributed by atoms with van der Waals surface area (Å²) in [6.07, 6.45) is 1.26. The molecule has 1 atom stereocenters. The van der Waals surface area contributed by atoms with Crippen LogP contribution in [0.3, 0.4) is 0 Å². The quantitative estimate of drug-likeness (QED) is 0.807. The van der Waals surface area contributed by atoms with Crippen LogP contribution in [0.4, 0.5) is 0 Å². The molecule has 0 aliphatic heterocycles. The molecule has 0 saturated heterocycles. The summed E-state index contributed by atoms with van der Waals surface area (Å²) >= 11 is 0. The maximum atomic E-state index is 11.2. The van der Waals surface area contributed by atoms with Crippen molar-refractivity contribution in [1.29, 1.82) is 0 Å². The molecule has 0 heterocycles. The van der Waals surface area contributed by atoms with Crippen molar-refractivity contribution in [2.45, 2.75) is 12.3 Å². The van der Waals surface area contributed by atoms with Crippen LogP contribution < -0.4 is 5.73 Å². The third-order valence-corrected chi connectivity index (χ3v) is 4.31. The molecule has 1 aromatic rings. The van der Waals surface area contributed by atoms with Crippen LogP contribution >= 0.6 is 0 Å². The lowest BCUT2D eigenvalue weighted by Gasteiger charge is -2.33. The van der Waals surface area contributed by atoms with Crippen LogP contribution in [0.15, 0.2) is 30.3 Å². The minimum atomic E-state index is -2.92. The summed E-state index contributed by atoms with van der Waals surface area (Å²) in [4.78, 5) is 2.03. The Labute approximate surface area is 116 Å². The van der Waals surface area contributed by atoms with Gasteiger partial charge in [0.15, 0.2) is 0 Å². The number of hydrogen-bond donors (Lipinski definition) is 1. The van der Waals surface area contributed by atoms with Gasteiger partial charge in [-0.15, -0.1) is 0 Å². The van der Waals surface area contributed by atoms with E-state index in [1.54, 1.807) is 0 Å². The van der Waals surface area contributed by atoms with Crippen molar-refractivity contribution in [3.8, 4) is 0 Å². The van der Waals surface area contributed by atoms with Gasteiger partial charge in [0.25, 0.3) is 0 Å². The standard InChI is InChI=1S/C14H24N2O2S/c1-14(11-15,13-7-5-4-6-8-13)12-16(2)9-10-19(3,17)18/h4-8H,9-12,15H2,1-3H3. The lowest BCUT2D eigenvalue weighted by molar-refractivity contribution is 0.271. The molecule has 2 N–H and O–H groups in total. The number of sulfone groups is 1. The van der Waals surface area contributed by atoms with Gasteiger partial charge >= 0.3 is 0 Å². The Morgan fingerprint density at radius 3 is 2.32 bits per heavy atom. The summed E-state index contributed by atoms with van der Waals surface area (Å²) in [6.45, 7) is 3.91. The molecular weight excluding hydrogens is 260 g/mol. The van der Waals surface area contributed by atoms with Gasteiger partial charge in [-0.3, -0.25) is 0 Å². The highest BCUT2D eigenvalue weighted by Crippen LogP contribution is 2.23. The highest BCUT2D eigenvalue weighted by molar-refractivity contribution is 7.90. The second kappa shape index (κ2) is 6.50. The molecule has 0 aliphatic carbocycles. The summed E-state index contributed by atoms with van der Waals surface area (Å²) in [7, 11) is -0.986. The normalized spacial score (nSPS) is 15.4. The average Bonchev–Trinajstić information content (AvgIpc) is 2.36. The molecule has 1 unspecified atom stereocenters. The van der Waals surface area contributed by atoms with E-state index >= 15 is 0 Å². The van der Waals surface area contributed by atoms with Crippen molar-refractivity contribution < 1.29 is 8.42 Å². The first-order chi connectivity index (χ1) is 8.77.